The average molecular weight is 216 g/mol. The molecule has 1 rings (SSSR count). The Morgan fingerprint density at radius 3 is 2.64 bits per heavy atom. The molecule has 3 N–H and O–H groups in total. The van der Waals surface area contributed by atoms with E-state index in [4.69, 9.17) is 11.6 Å². The summed E-state index contributed by atoms with van der Waals surface area (Å²) in [5.74, 6) is 0.0760. The summed E-state index contributed by atoms with van der Waals surface area (Å²) in [6, 6.07) is 3.30. The molecule has 0 spiro atoms. The van der Waals surface area contributed by atoms with Crippen LogP contribution >= 0.6 is 11.6 Å². The van der Waals surface area contributed by atoms with Crippen LogP contribution in [-0.4, -0.2) is 23.8 Å². The van der Waals surface area contributed by atoms with E-state index in [0.29, 0.717) is 17.7 Å². The number of halogens is 1. The van der Waals surface area contributed by atoms with Gasteiger partial charge in [0.1, 0.15) is 5.75 Å². The summed E-state index contributed by atoms with van der Waals surface area (Å²) >= 11 is 5.78. The number of aromatic hydroxyl groups is 1. The quantitative estimate of drug-likeness (QED) is 0.718. The van der Waals surface area contributed by atoms with Crippen LogP contribution in [0.3, 0.4) is 0 Å². The van der Waals surface area contributed by atoms with E-state index >= 15 is 0 Å². The fourth-order valence-electron chi connectivity index (χ4n) is 1.27. The third kappa shape index (κ3) is 2.38. The number of phenolic OH excluding ortho intramolecular Hbond substituents is 1. The highest BCUT2D eigenvalue weighted by molar-refractivity contribution is 6.32. The summed E-state index contributed by atoms with van der Waals surface area (Å²) in [4.78, 5) is 0. The number of hydrogen-bond acceptors (Lipinski definition) is 3. The highest BCUT2D eigenvalue weighted by Crippen LogP contribution is 2.30. The van der Waals surface area contributed by atoms with Crippen LogP contribution < -0.4 is 5.32 Å². The Hall–Kier alpha value is -0.770. The van der Waals surface area contributed by atoms with Gasteiger partial charge in [-0.1, -0.05) is 11.6 Å². The van der Waals surface area contributed by atoms with E-state index in [2.05, 4.69) is 5.32 Å². The van der Waals surface area contributed by atoms with Gasteiger partial charge in [0.05, 0.1) is 11.1 Å². The molecule has 14 heavy (non-hydrogen) atoms. The first-order valence-corrected chi connectivity index (χ1v) is 4.75. The maximum atomic E-state index is 9.66. The SMILES string of the molecule is CNCC(O)c1cc(C)c(O)c(Cl)c1. The van der Waals surface area contributed by atoms with Crippen molar-refractivity contribution in [3.63, 3.8) is 0 Å². The lowest BCUT2D eigenvalue weighted by Gasteiger charge is -2.12. The molecule has 78 valence electrons. The number of aryl methyl sites for hydroxylation is 1. The second kappa shape index (κ2) is 4.64. The zero-order valence-corrected chi connectivity index (χ0v) is 8.97. The largest absolute Gasteiger partial charge is 0.506 e. The Morgan fingerprint density at radius 1 is 1.50 bits per heavy atom. The van der Waals surface area contributed by atoms with Gasteiger partial charge >= 0.3 is 0 Å². The van der Waals surface area contributed by atoms with E-state index in [-0.39, 0.29) is 10.8 Å². The maximum Gasteiger partial charge on any atom is 0.137 e. The van der Waals surface area contributed by atoms with Crippen LogP contribution in [0.5, 0.6) is 5.75 Å². The second-order valence-corrected chi connectivity index (χ2v) is 3.65. The summed E-state index contributed by atoms with van der Waals surface area (Å²) < 4.78 is 0. The Morgan fingerprint density at radius 2 is 2.14 bits per heavy atom. The number of benzene rings is 1. The second-order valence-electron chi connectivity index (χ2n) is 3.24. The summed E-state index contributed by atoms with van der Waals surface area (Å²) in [7, 11) is 1.76. The summed E-state index contributed by atoms with van der Waals surface area (Å²) in [5.41, 5.74) is 1.38. The van der Waals surface area contributed by atoms with Gasteiger partial charge in [-0.3, -0.25) is 0 Å². The fourth-order valence-corrected chi connectivity index (χ4v) is 1.54. The molecule has 0 bridgehead atoms. The lowest BCUT2D eigenvalue weighted by atomic mass is 10.1. The predicted octanol–water partition coefficient (Wildman–Crippen LogP) is 1.61. The number of nitrogens with one attached hydrogen (secondary N) is 1. The lowest BCUT2D eigenvalue weighted by Crippen LogP contribution is -2.16. The summed E-state index contributed by atoms with van der Waals surface area (Å²) in [6.07, 6.45) is -0.600. The number of aliphatic hydroxyl groups is 1. The molecular formula is C10H14ClNO2. The van der Waals surface area contributed by atoms with E-state index in [1.165, 1.54) is 0 Å². The van der Waals surface area contributed by atoms with Gasteiger partial charge in [0.25, 0.3) is 0 Å². The molecule has 0 heterocycles. The van der Waals surface area contributed by atoms with E-state index in [1.807, 2.05) is 0 Å². The molecule has 1 unspecified atom stereocenters. The van der Waals surface area contributed by atoms with E-state index < -0.39 is 6.10 Å². The number of hydrogen-bond donors (Lipinski definition) is 3. The molecule has 0 aromatic heterocycles. The highest BCUT2D eigenvalue weighted by Gasteiger charge is 2.10. The van der Waals surface area contributed by atoms with E-state index in [9.17, 15) is 10.2 Å². The van der Waals surface area contributed by atoms with Crippen LogP contribution in [0.1, 0.15) is 17.2 Å². The zero-order chi connectivity index (χ0) is 10.7. The standard InChI is InChI=1S/C10H14ClNO2/c1-6-3-7(9(13)5-12-2)4-8(11)10(6)14/h3-4,9,12-14H,5H2,1-2H3. The molecule has 0 radical (unpaired) electrons. The van der Waals surface area contributed by atoms with Gasteiger partial charge in [0.15, 0.2) is 0 Å². The van der Waals surface area contributed by atoms with Gasteiger partial charge in [-0.2, -0.15) is 0 Å². The fraction of sp³-hybridized carbons (Fsp3) is 0.400. The van der Waals surface area contributed by atoms with Crippen LogP contribution in [-0.2, 0) is 0 Å². The van der Waals surface area contributed by atoms with Gasteiger partial charge in [-0.15, -0.1) is 0 Å². The number of aliphatic hydroxyl groups excluding tert-OH is 1. The molecular weight excluding hydrogens is 202 g/mol. The van der Waals surface area contributed by atoms with Crippen LogP contribution in [0.2, 0.25) is 5.02 Å². The Balaban J connectivity index is 3.00. The van der Waals surface area contributed by atoms with Crippen molar-refractivity contribution in [3.05, 3.63) is 28.3 Å². The Kier molecular flexibility index (Phi) is 3.75. The Bertz CT molecular complexity index is 305. The van der Waals surface area contributed by atoms with Crippen molar-refractivity contribution in [2.45, 2.75) is 13.0 Å². The van der Waals surface area contributed by atoms with Crippen molar-refractivity contribution in [2.75, 3.05) is 13.6 Å². The van der Waals surface area contributed by atoms with Gasteiger partial charge in [0, 0.05) is 6.54 Å². The monoisotopic (exact) mass is 215 g/mol. The minimum absolute atomic E-state index is 0.0760. The third-order valence-corrected chi connectivity index (χ3v) is 2.35. The highest BCUT2D eigenvalue weighted by atomic mass is 35.5. The first-order chi connectivity index (χ1) is 6.56. The van der Waals surface area contributed by atoms with Gasteiger partial charge in [0.2, 0.25) is 0 Å². The Labute approximate surface area is 88.3 Å². The van der Waals surface area contributed by atoms with Crippen LogP contribution in [0.25, 0.3) is 0 Å². The van der Waals surface area contributed by atoms with Crippen molar-refractivity contribution in [1.82, 2.24) is 5.32 Å². The minimum atomic E-state index is -0.600. The molecule has 0 amide bonds. The molecule has 1 aromatic rings. The van der Waals surface area contributed by atoms with Crippen molar-refractivity contribution >= 4 is 11.6 Å². The number of phenols is 1. The van der Waals surface area contributed by atoms with Crippen molar-refractivity contribution in [3.8, 4) is 5.75 Å². The third-order valence-electron chi connectivity index (χ3n) is 2.06. The molecule has 1 aromatic carbocycles. The number of likely N-dealkylation sites (N-methyl/N-ethyl adjacent to an activating group) is 1. The molecule has 0 saturated carbocycles. The summed E-state index contributed by atoms with van der Waals surface area (Å²) in [5, 5.41) is 22.2. The molecule has 0 saturated heterocycles. The minimum Gasteiger partial charge on any atom is -0.506 e. The smallest absolute Gasteiger partial charge is 0.137 e. The van der Waals surface area contributed by atoms with Crippen molar-refractivity contribution in [2.24, 2.45) is 0 Å². The van der Waals surface area contributed by atoms with Crippen LogP contribution in [0, 0.1) is 6.92 Å². The number of rotatable bonds is 3. The first kappa shape index (κ1) is 11.3. The van der Waals surface area contributed by atoms with Gasteiger partial charge in [-0.25, -0.2) is 0 Å². The first-order valence-electron chi connectivity index (χ1n) is 4.38. The topological polar surface area (TPSA) is 52.5 Å². The van der Waals surface area contributed by atoms with Crippen molar-refractivity contribution in [1.29, 1.82) is 0 Å². The van der Waals surface area contributed by atoms with Crippen LogP contribution in [0.4, 0.5) is 0 Å². The maximum absolute atomic E-state index is 9.66. The van der Waals surface area contributed by atoms with Crippen molar-refractivity contribution < 1.29 is 10.2 Å². The van der Waals surface area contributed by atoms with Crippen LogP contribution in [0.15, 0.2) is 12.1 Å². The average Bonchev–Trinajstić information content (AvgIpc) is 2.13. The molecule has 4 heteroatoms. The molecule has 3 nitrogen and oxygen atoms in total. The molecule has 1 atom stereocenters. The zero-order valence-electron chi connectivity index (χ0n) is 8.21. The molecule has 0 aliphatic heterocycles. The lowest BCUT2D eigenvalue weighted by molar-refractivity contribution is 0.177. The van der Waals surface area contributed by atoms with Gasteiger partial charge < -0.3 is 15.5 Å². The van der Waals surface area contributed by atoms with E-state index in [0.717, 1.165) is 0 Å². The predicted molar refractivity (Wildman–Crippen MR) is 56.7 cm³/mol. The summed E-state index contributed by atoms with van der Waals surface area (Å²) in [6.45, 7) is 2.21. The van der Waals surface area contributed by atoms with Gasteiger partial charge in [-0.05, 0) is 37.2 Å². The molecule has 0 fully saturated rings. The normalized spacial score (nSPS) is 12.9. The van der Waals surface area contributed by atoms with E-state index in [1.54, 1.807) is 26.1 Å². The molecule has 0 aliphatic rings. The molecule has 0 aliphatic carbocycles.